The minimum atomic E-state index is 0.537. The molecule has 1 aromatic carbocycles. The van der Waals surface area contributed by atoms with E-state index in [4.69, 9.17) is 0 Å². The molecule has 0 aliphatic rings. The van der Waals surface area contributed by atoms with Crippen LogP contribution in [0.2, 0.25) is 0 Å². The first-order valence-electron chi connectivity index (χ1n) is 8.08. The third kappa shape index (κ3) is 2.78. The largest absolute Gasteiger partial charge is 0.343 e. The summed E-state index contributed by atoms with van der Waals surface area (Å²) in [5, 5.41) is 1.38. The van der Waals surface area contributed by atoms with Crippen molar-refractivity contribution < 1.29 is 0 Å². The van der Waals surface area contributed by atoms with E-state index in [9.17, 15) is 0 Å². The van der Waals surface area contributed by atoms with Gasteiger partial charge in [0, 0.05) is 36.0 Å². The van der Waals surface area contributed by atoms with Gasteiger partial charge in [0.25, 0.3) is 0 Å². The van der Waals surface area contributed by atoms with E-state index in [2.05, 4.69) is 67.7 Å². The van der Waals surface area contributed by atoms with Crippen molar-refractivity contribution in [1.29, 1.82) is 0 Å². The standard InChI is InChI=1S/C20H24N2/c1-14(2)17-10-19(15(3)4)18-7-9-22(20(18)11-17)13-16-6-5-8-21-12-16/h5-12,14-15H,13H2,1-4H3. The zero-order chi connectivity index (χ0) is 15.7. The lowest BCUT2D eigenvalue weighted by Crippen LogP contribution is -2.00. The number of hydrogen-bond donors (Lipinski definition) is 0. The summed E-state index contributed by atoms with van der Waals surface area (Å²) in [6.07, 6.45) is 5.97. The van der Waals surface area contributed by atoms with E-state index >= 15 is 0 Å². The highest BCUT2D eigenvalue weighted by atomic mass is 15.0. The molecule has 0 unspecified atom stereocenters. The van der Waals surface area contributed by atoms with Gasteiger partial charge in [0.15, 0.2) is 0 Å². The fourth-order valence-corrected chi connectivity index (χ4v) is 2.98. The van der Waals surface area contributed by atoms with E-state index < -0.39 is 0 Å². The molecular formula is C20H24N2. The van der Waals surface area contributed by atoms with Crippen LogP contribution in [0.4, 0.5) is 0 Å². The van der Waals surface area contributed by atoms with Gasteiger partial charge in [0.1, 0.15) is 0 Å². The predicted molar refractivity (Wildman–Crippen MR) is 93.5 cm³/mol. The van der Waals surface area contributed by atoms with Crippen LogP contribution in [0.1, 0.15) is 56.2 Å². The fraction of sp³-hybridized carbons (Fsp3) is 0.350. The monoisotopic (exact) mass is 292 g/mol. The third-order valence-corrected chi connectivity index (χ3v) is 4.31. The second-order valence-corrected chi connectivity index (χ2v) is 6.66. The Morgan fingerprint density at radius 3 is 2.50 bits per heavy atom. The van der Waals surface area contributed by atoms with Crippen LogP contribution >= 0.6 is 0 Å². The summed E-state index contributed by atoms with van der Waals surface area (Å²) in [5.41, 5.74) is 5.44. The lowest BCUT2D eigenvalue weighted by atomic mass is 9.93. The molecule has 0 aliphatic heterocycles. The van der Waals surface area contributed by atoms with Crippen LogP contribution in [0.15, 0.2) is 48.9 Å². The molecule has 2 heteroatoms. The molecule has 0 aliphatic carbocycles. The van der Waals surface area contributed by atoms with Crippen molar-refractivity contribution in [1.82, 2.24) is 9.55 Å². The molecule has 0 bridgehead atoms. The lowest BCUT2D eigenvalue weighted by molar-refractivity contribution is 0.819. The molecule has 2 aromatic heterocycles. The number of aromatic nitrogens is 2. The maximum absolute atomic E-state index is 4.22. The maximum Gasteiger partial charge on any atom is 0.0491 e. The molecule has 0 saturated carbocycles. The van der Waals surface area contributed by atoms with Crippen LogP contribution in [-0.2, 0) is 6.54 Å². The zero-order valence-electron chi connectivity index (χ0n) is 13.9. The summed E-state index contributed by atoms with van der Waals surface area (Å²) < 4.78 is 2.34. The van der Waals surface area contributed by atoms with Gasteiger partial charge in [0.05, 0.1) is 0 Å². The van der Waals surface area contributed by atoms with Gasteiger partial charge in [-0.25, -0.2) is 0 Å². The first-order chi connectivity index (χ1) is 10.6. The van der Waals surface area contributed by atoms with E-state index in [0.717, 1.165) is 6.54 Å². The van der Waals surface area contributed by atoms with Gasteiger partial charge in [-0.05, 0) is 46.7 Å². The normalized spacial score (nSPS) is 11.7. The molecule has 0 saturated heterocycles. The van der Waals surface area contributed by atoms with Crippen molar-refractivity contribution in [3.8, 4) is 0 Å². The Morgan fingerprint density at radius 1 is 1.05 bits per heavy atom. The second kappa shape index (κ2) is 5.96. The Bertz CT molecular complexity index is 767. The summed E-state index contributed by atoms with van der Waals surface area (Å²) in [7, 11) is 0. The fourth-order valence-electron chi connectivity index (χ4n) is 2.98. The van der Waals surface area contributed by atoms with Crippen molar-refractivity contribution >= 4 is 10.9 Å². The van der Waals surface area contributed by atoms with E-state index in [1.807, 2.05) is 18.5 Å². The van der Waals surface area contributed by atoms with Crippen LogP contribution in [0.5, 0.6) is 0 Å². The van der Waals surface area contributed by atoms with Gasteiger partial charge in [0.2, 0.25) is 0 Å². The SMILES string of the molecule is CC(C)c1cc(C(C)C)c2ccn(Cc3cccnc3)c2c1. The maximum atomic E-state index is 4.22. The molecule has 2 nitrogen and oxygen atoms in total. The Kier molecular flexibility index (Phi) is 4.02. The van der Waals surface area contributed by atoms with Crippen LogP contribution in [0.3, 0.4) is 0 Å². The van der Waals surface area contributed by atoms with Crippen LogP contribution < -0.4 is 0 Å². The van der Waals surface area contributed by atoms with Crippen molar-refractivity contribution in [3.05, 3.63) is 65.6 Å². The summed E-state index contributed by atoms with van der Waals surface area (Å²) in [5.74, 6) is 1.08. The number of fused-ring (bicyclic) bond motifs is 1. The topological polar surface area (TPSA) is 17.8 Å². The summed E-state index contributed by atoms with van der Waals surface area (Å²) in [6.45, 7) is 9.95. The van der Waals surface area contributed by atoms with Crippen LogP contribution in [0.25, 0.3) is 10.9 Å². The minimum absolute atomic E-state index is 0.537. The molecule has 0 fully saturated rings. The molecule has 22 heavy (non-hydrogen) atoms. The molecule has 114 valence electrons. The van der Waals surface area contributed by atoms with Crippen molar-refractivity contribution in [2.24, 2.45) is 0 Å². The summed E-state index contributed by atoms with van der Waals surface area (Å²) in [6, 6.07) is 11.1. The smallest absolute Gasteiger partial charge is 0.0491 e. The first kappa shape index (κ1) is 14.8. The Morgan fingerprint density at radius 2 is 1.86 bits per heavy atom. The highest BCUT2D eigenvalue weighted by Crippen LogP contribution is 2.31. The molecule has 0 N–H and O–H groups in total. The Balaban J connectivity index is 2.12. The first-order valence-corrected chi connectivity index (χ1v) is 8.08. The van der Waals surface area contributed by atoms with Crippen LogP contribution in [-0.4, -0.2) is 9.55 Å². The molecular weight excluding hydrogens is 268 g/mol. The molecule has 2 heterocycles. The summed E-state index contributed by atoms with van der Waals surface area (Å²) in [4.78, 5) is 4.22. The van der Waals surface area contributed by atoms with E-state index in [0.29, 0.717) is 11.8 Å². The average molecular weight is 292 g/mol. The Labute approximate surface area is 132 Å². The van der Waals surface area contributed by atoms with Crippen molar-refractivity contribution in [3.63, 3.8) is 0 Å². The number of benzene rings is 1. The molecule has 0 spiro atoms. The predicted octanol–water partition coefficient (Wildman–Crippen LogP) is 5.33. The molecule has 3 aromatic rings. The van der Waals surface area contributed by atoms with Gasteiger partial charge in [-0.1, -0.05) is 39.8 Å². The van der Waals surface area contributed by atoms with Gasteiger partial charge < -0.3 is 4.57 Å². The van der Waals surface area contributed by atoms with Gasteiger partial charge in [-0.2, -0.15) is 0 Å². The zero-order valence-corrected chi connectivity index (χ0v) is 13.9. The van der Waals surface area contributed by atoms with Gasteiger partial charge in [-0.3, -0.25) is 4.98 Å². The third-order valence-electron chi connectivity index (χ3n) is 4.31. The van der Waals surface area contributed by atoms with Crippen molar-refractivity contribution in [2.75, 3.05) is 0 Å². The summed E-state index contributed by atoms with van der Waals surface area (Å²) >= 11 is 0. The van der Waals surface area contributed by atoms with E-state index in [1.165, 1.54) is 27.6 Å². The van der Waals surface area contributed by atoms with Gasteiger partial charge in [-0.15, -0.1) is 0 Å². The average Bonchev–Trinajstić information content (AvgIpc) is 2.90. The van der Waals surface area contributed by atoms with Crippen molar-refractivity contribution in [2.45, 2.75) is 46.1 Å². The highest BCUT2D eigenvalue weighted by Gasteiger charge is 2.12. The lowest BCUT2D eigenvalue weighted by Gasteiger charge is -2.15. The molecule has 3 rings (SSSR count). The Hall–Kier alpha value is -2.09. The van der Waals surface area contributed by atoms with E-state index in [-0.39, 0.29) is 0 Å². The number of hydrogen-bond acceptors (Lipinski definition) is 1. The highest BCUT2D eigenvalue weighted by molar-refractivity contribution is 5.85. The molecule has 0 radical (unpaired) electrons. The second-order valence-electron chi connectivity index (χ2n) is 6.66. The molecule has 0 atom stereocenters. The quantitative estimate of drug-likeness (QED) is 0.635. The number of nitrogens with zero attached hydrogens (tertiary/aromatic N) is 2. The van der Waals surface area contributed by atoms with Crippen LogP contribution in [0, 0.1) is 0 Å². The van der Waals surface area contributed by atoms with Gasteiger partial charge >= 0.3 is 0 Å². The van der Waals surface area contributed by atoms with E-state index in [1.54, 1.807) is 0 Å². The number of pyridine rings is 1. The molecule has 0 amide bonds. The number of rotatable bonds is 4. The minimum Gasteiger partial charge on any atom is -0.343 e.